The van der Waals surface area contributed by atoms with Crippen molar-refractivity contribution < 1.29 is 4.79 Å². The van der Waals surface area contributed by atoms with Gasteiger partial charge in [-0.05, 0) is 59.3 Å². The van der Waals surface area contributed by atoms with Crippen LogP contribution in [0.5, 0.6) is 0 Å². The minimum Gasteiger partial charge on any atom is -0.342 e. The van der Waals surface area contributed by atoms with Crippen LogP contribution in [0.3, 0.4) is 0 Å². The zero-order chi connectivity index (χ0) is 12.8. The predicted molar refractivity (Wildman–Crippen MR) is 71.0 cm³/mol. The fourth-order valence-electron chi connectivity index (χ4n) is 2.06. The highest BCUT2D eigenvalue weighted by Crippen LogP contribution is 2.14. The maximum atomic E-state index is 11.7. The molecule has 1 saturated heterocycles. The van der Waals surface area contributed by atoms with Crippen molar-refractivity contribution in [2.24, 2.45) is 5.92 Å². The van der Waals surface area contributed by atoms with E-state index < -0.39 is 0 Å². The van der Waals surface area contributed by atoms with Crippen molar-refractivity contribution in [3.8, 4) is 0 Å². The number of rotatable bonds is 5. The number of carbonyl (C=O) groups excluding carboxylic acids is 1. The second-order valence-electron chi connectivity index (χ2n) is 5.48. The Balaban J connectivity index is 2.13. The van der Waals surface area contributed by atoms with Crippen LogP contribution in [0.2, 0.25) is 0 Å². The van der Waals surface area contributed by atoms with Crippen LogP contribution in [-0.2, 0) is 4.79 Å². The normalized spacial score (nSPS) is 18.6. The molecule has 1 heterocycles. The number of nitrogens with one attached hydrogen (secondary N) is 1. The standard InChI is InChI=1S/C13H27N3O/c1-11(2)16(4)13(17)10-14-9-12-5-7-15(3)8-6-12/h11-12,14H,5-10H2,1-4H3. The predicted octanol–water partition coefficient (Wildman–Crippen LogP) is 0.785. The van der Waals surface area contributed by atoms with Crippen LogP contribution in [-0.4, -0.2) is 62.0 Å². The minimum atomic E-state index is 0.188. The lowest BCUT2D eigenvalue weighted by molar-refractivity contribution is -0.130. The Morgan fingerprint density at radius 3 is 2.53 bits per heavy atom. The maximum absolute atomic E-state index is 11.7. The minimum absolute atomic E-state index is 0.188. The molecule has 0 saturated carbocycles. The van der Waals surface area contributed by atoms with Gasteiger partial charge in [0.25, 0.3) is 0 Å². The number of likely N-dealkylation sites (tertiary alicyclic amines) is 1. The van der Waals surface area contributed by atoms with Gasteiger partial charge in [-0.3, -0.25) is 4.79 Å². The van der Waals surface area contributed by atoms with Crippen LogP contribution in [0.1, 0.15) is 26.7 Å². The fraction of sp³-hybridized carbons (Fsp3) is 0.923. The lowest BCUT2D eigenvalue weighted by Crippen LogP contribution is -2.41. The first-order chi connectivity index (χ1) is 8.00. The molecule has 4 heteroatoms. The monoisotopic (exact) mass is 241 g/mol. The third-order valence-corrected chi connectivity index (χ3v) is 3.72. The molecule has 100 valence electrons. The third-order valence-electron chi connectivity index (χ3n) is 3.72. The molecule has 17 heavy (non-hydrogen) atoms. The molecule has 0 radical (unpaired) electrons. The summed E-state index contributed by atoms with van der Waals surface area (Å²) in [6.07, 6.45) is 2.50. The van der Waals surface area contributed by atoms with Gasteiger partial charge < -0.3 is 15.1 Å². The molecule has 1 N–H and O–H groups in total. The molecule has 0 spiro atoms. The van der Waals surface area contributed by atoms with Crippen molar-refractivity contribution in [1.82, 2.24) is 15.1 Å². The van der Waals surface area contributed by atoms with E-state index in [9.17, 15) is 4.79 Å². The summed E-state index contributed by atoms with van der Waals surface area (Å²) in [6, 6.07) is 0.285. The SMILES string of the molecule is CC(C)N(C)C(=O)CNCC1CCN(C)CC1. The third kappa shape index (κ3) is 5.04. The molecule has 4 nitrogen and oxygen atoms in total. The molecule has 1 aliphatic heterocycles. The van der Waals surface area contributed by atoms with Crippen LogP contribution in [0, 0.1) is 5.92 Å². The van der Waals surface area contributed by atoms with Crippen molar-refractivity contribution in [1.29, 1.82) is 0 Å². The van der Waals surface area contributed by atoms with Crippen molar-refractivity contribution in [3.05, 3.63) is 0 Å². The number of likely N-dealkylation sites (N-methyl/N-ethyl adjacent to an activating group) is 1. The highest BCUT2D eigenvalue weighted by atomic mass is 16.2. The molecule has 1 aliphatic rings. The van der Waals surface area contributed by atoms with Gasteiger partial charge in [0.2, 0.25) is 5.91 Å². The summed E-state index contributed by atoms with van der Waals surface area (Å²) in [4.78, 5) is 15.9. The van der Waals surface area contributed by atoms with Gasteiger partial charge in [0.15, 0.2) is 0 Å². The summed E-state index contributed by atoms with van der Waals surface area (Å²) in [6.45, 7) is 7.90. The lowest BCUT2D eigenvalue weighted by Gasteiger charge is -2.29. The van der Waals surface area contributed by atoms with E-state index in [0.717, 1.165) is 12.5 Å². The Hall–Kier alpha value is -0.610. The van der Waals surface area contributed by atoms with E-state index in [0.29, 0.717) is 6.54 Å². The molecule has 0 aromatic carbocycles. The number of hydrogen-bond donors (Lipinski definition) is 1. The van der Waals surface area contributed by atoms with Crippen molar-refractivity contribution in [2.45, 2.75) is 32.7 Å². The second kappa shape index (κ2) is 6.97. The molecule has 0 bridgehead atoms. The van der Waals surface area contributed by atoms with Gasteiger partial charge in [-0.1, -0.05) is 0 Å². The molecule has 1 amide bonds. The largest absolute Gasteiger partial charge is 0.342 e. The van der Waals surface area contributed by atoms with Crippen LogP contribution >= 0.6 is 0 Å². The molecule has 0 atom stereocenters. The Morgan fingerprint density at radius 2 is 2.00 bits per heavy atom. The molecule has 0 aromatic heterocycles. The first-order valence-electron chi connectivity index (χ1n) is 6.65. The second-order valence-corrected chi connectivity index (χ2v) is 5.48. The average Bonchev–Trinajstić information content (AvgIpc) is 2.30. The van der Waals surface area contributed by atoms with Gasteiger partial charge in [0.1, 0.15) is 0 Å². The summed E-state index contributed by atoms with van der Waals surface area (Å²) < 4.78 is 0. The highest BCUT2D eigenvalue weighted by Gasteiger charge is 2.17. The maximum Gasteiger partial charge on any atom is 0.236 e. The van der Waals surface area contributed by atoms with E-state index in [1.54, 1.807) is 4.90 Å². The van der Waals surface area contributed by atoms with E-state index in [1.165, 1.54) is 25.9 Å². The molecular weight excluding hydrogens is 214 g/mol. The first kappa shape index (κ1) is 14.5. The summed E-state index contributed by atoms with van der Waals surface area (Å²) in [7, 11) is 4.04. The molecule has 0 aliphatic carbocycles. The van der Waals surface area contributed by atoms with Crippen LogP contribution in [0.25, 0.3) is 0 Å². The number of piperidine rings is 1. The Morgan fingerprint density at radius 1 is 1.41 bits per heavy atom. The fourth-order valence-corrected chi connectivity index (χ4v) is 2.06. The quantitative estimate of drug-likeness (QED) is 0.773. The van der Waals surface area contributed by atoms with Crippen molar-refractivity contribution >= 4 is 5.91 Å². The highest BCUT2D eigenvalue weighted by molar-refractivity contribution is 5.78. The Labute approximate surface area is 105 Å². The lowest BCUT2D eigenvalue weighted by atomic mass is 9.97. The van der Waals surface area contributed by atoms with Crippen LogP contribution in [0.4, 0.5) is 0 Å². The molecular formula is C13H27N3O. The van der Waals surface area contributed by atoms with Gasteiger partial charge >= 0.3 is 0 Å². The Kier molecular flexibility index (Phi) is 5.92. The van der Waals surface area contributed by atoms with Crippen molar-refractivity contribution in [3.63, 3.8) is 0 Å². The van der Waals surface area contributed by atoms with Gasteiger partial charge in [-0.15, -0.1) is 0 Å². The van der Waals surface area contributed by atoms with Crippen LogP contribution < -0.4 is 5.32 Å². The molecule has 1 fully saturated rings. The van der Waals surface area contributed by atoms with E-state index in [2.05, 4.69) is 17.3 Å². The molecule has 1 rings (SSSR count). The smallest absolute Gasteiger partial charge is 0.236 e. The number of amides is 1. The molecule has 0 unspecified atom stereocenters. The van der Waals surface area contributed by atoms with E-state index >= 15 is 0 Å². The summed E-state index contributed by atoms with van der Waals surface area (Å²) in [5.74, 6) is 0.927. The zero-order valence-corrected chi connectivity index (χ0v) is 11.7. The van der Waals surface area contributed by atoms with Gasteiger partial charge in [0.05, 0.1) is 6.54 Å². The molecule has 0 aromatic rings. The number of hydrogen-bond acceptors (Lipinski definition) is 3. The van der Waals surface area contributed by atoms with Crippen molar-refractivity contribution in [2.75, 3.05) is 40.3 Å². The average molecular weight is 241 g/mol. The van der Waals surface area contributed by atoms with Gasteiger partial charge in [-0.2, -0.15) is 0 Å². The number of carbonyl (C=O) groups is 1. The van der Waals surface area contributed by atoms with E-state index in [4.69, 9.17) is 0 Å². The van der Waals surface area contributed by atoms with E-state index in [1.807, 2.05) is 20.9 Å². The number of nitrogens with zero attached hydrogens (tertiary/aromatic N) is 2. The van der Waals surface area contributed by atoms with E-state index in [-0.39, 0.29) is 11.9 Å². The van der Waals surface area contributed by atoms with Gasteiger partial charge in [-0.25, -0.2) is 0 Å². The summed E-state index contributed by atoms with van der Waals surface area (Å²) >= 11 is 0. The van der Waals surface area contributed by atoms with Gasteiger partial charge in [0, 0.05) is 13.1 Å². The summed E-state index contributed by atoms with van der Waals surface area (Å²) in [5.41, 5.74) is 0. The zero-order valence-electron chi connectivity index (χ0n) is 11.7. The first-order valence-corrected chi connectivity index (χ1v) is 6.65. The Bertz CT molecular complexity index is 235. The summed E-state index contributed by atoms with van der Waals surface area (Å²) in [5, 5.41) is 3.30. The topological polar surface area (TPSA) is 35.6 Å². The van der Waals surface area contributed by atoms with Crippen LogP contribution in [0.15, 0.2) is 0 Å².